The molecule has 0 bridgehead atoms. The van der Waals surface area contributed by atoms with Gasteiger partial charge in [0, 0.05) is 11.3 Å². The molecule has 0 aliphatic rings. The first kappa shape index (κ1) is 32.8. The average Bonchev–Trinajstić information content (AvgIpc) is 2.95. The third kappa shape index (κ3) is 11.0. The predicted octanol–water partition coefficient (Wildman–Crippen LogP) is 8.13. The summed E-state index contributed by atoms with van der Waals surface area (Å²) >= 11 is 0. The van der Waals surface area contributed by atoms with Crippen LogP contribution in [0.15, 0.2) is 48.5 Å². The van der Waals surface area contributed by atoms with E-state index in [1.807, 2.05) is 0 Å². The molecule has 2 rings (SSSR count). The van der Waals surface area contributed by atoms with Crippen molar-refractivity contribution in [2.24, 2.45) is 0 Å². The fourth-order valence-electron chi connectivity index (χ4n) is 4.53. The molecule has 0 aliphatic heterocycles. The van der Waals surface area contributed by atoms with Gasteiger partial charge in [0.15, 0.2) is 0 Å². The summed E-state index contributed by atoms with van der Waals surface area (Å²) < 4.78 is 21.1. The summed E-state index contributed by atoms with van der Waals surface area (Å²) in [5.74, 6) is -4.04. The number of carboxylic acid groups (broad SMARTS) is 2. The molecule has 3 N–H and O–H groups in total. The summed E-state index contributed by atoms with van der Waals surface area (Å²) in [6.45, 7) is 2.82. The second-order valence-electron chi connectivity index (χ2n) is 10.3. The second-order valence-corrected chi connectivity index (χ2v) is 10.3. The molecular weight excluding hydrogens is 513 g/mol. The number of halogens is 1. The predicted molar refractivity (Wildman–Crippen MR) is 155 cm³/mol. The van der Waals surface area contributed by atoms with Gasteiger partial charge in [-0.3, -0.25) is 4.79 Å². The van der Waals surface area contributed by atoms with Crippen molar-refractivity contribution in [2.75, 3.05) is 11.9 Å². The van der Waals surface area contributed by atoms with Crippen LogP contribution in [-0.2, 0) is 15.3 Å². The third-order valence-electron chi connectivity index (χ3n) is 7.02. The van der Waals surface area contributed by atoms with Gasteiger partial charge in [0.25, 0.3) is 5.91 Å². The summed E-state index contributed by atoms with van der Waals surface area (Å²) in [5.41, 5.74) is -3.81. The van der Waals surface area contributed by atoms with Crippen molar-refractivity contribution in [2.45, 2.75) is 102 Å². The van der Waals surface area contributed by atoms with E-state index in [9.17, 15) is 19.5 Å². The first-order valence-corrected chi connectivity index (χ1v) is 14.6. The molecule has 1 amide bonds. The summed E-state index contributed by atoms with van der Waals surface area (Å²) in [5, 5.41) is 20.7. The molecule has 2 aromatic rings. The lowest BCUT2D eigenvalue weighted by Crippen LogP contribution is -2.43. The molecule has 7 nitrogen and oxygen atoms in total. The van der Waals surface area contributed by atoms with Crippen LogP contribution in [0.3, 0.4) is 0 Å². The number of nitrogens with one attached hydrogen (secondary N) is 1. The van der Waals surface area contributed by atoms with E-state index in [2.05, 4.69) is 12.2 Å². The monoisotopic (exact) mass is 557 g/mol. The molecular formula is C32H44FNO6. The van der Waals surface area contributed by atoms with Crippen LogP contribution >= 0.6 is 0 Å². The van der Waals surface area contributed by atoms with E-state index in [1.54, 1.807) is 12.1 Å². The number of carboxylic acids is 2. The van der Waals surface area contributed by atoms with Gasteiger partial charge in [-0.15, -0.1) is 0 Å². The van der Waals surface area contributed by atoms with Gasteiger partial charge in [-0.2, -0.15) is 0 Å². The maximum atomic E-state index is 15.4. The maximum Gasteiger partial charge on any atom is 0.356 e. The minimum Gasteiger partial charge on any atom is -0.494 e. The number of amides is 1. The Morgan fingerprint density at radius 2 is 1.20 bits per heavy atom. The van der Waals surface area contributed by atoms with E-state index in [4.69, 9.17) is 9.84 Å². The highest BCUT2D eigenvalue weighted by molar-refractivity contribution is 6.11. The number of ether oxygens (including phenoxy) is 1. The summed E-state index contributed by atoms with van der Waals surface area (Å²) in [7, 11) is 0. The number of unbranched alkanes of at least 4 members (excludes halogenated alkanes) is 13. The summed E-state index contributed by atoms with van der Waals surface area (Å²) in [6.07, 6.45) is 18.0. The smallest absolute Gasteiger partial charge is 0.356 e. The molecule has 0 saturated carbocycles. The minimum atomic E-state index is -3.39. The summed E-state index contributed by atoms with van der Waals surface area (Å²) in [4.78, 5) is 35.3. The average molecular weight is 558 g/mol. The van der Waals surface area contributed by atoms with Gasteiger partial charge in [-0.25, -0.2) is 14.0 Å². The molecule has 1 atom stereocenters. The van der Waals surface area contributed by atoms with Gasteiger partial charge < -0.3 is 20.3 Å². The lowest BCUT2D eigenvalue weighted by atomic mass is 9.93. The molecule has 220 valence electrons. The second kappa shape index (κ2) is 18.0. The molecule has 0 aliphatic carbocycles. The standard InChI is InChI=1S/C32H44FNO6/c1-2-3-4-5-6-7-8-9-10-11-12-13-14-15-24-40-28-22-20-27(21-23-28)34-30(37)32(33,31(38)39)26-18-16-25(17-19-26)29(35)36/h16-23H,2-15,24H2,1H3,(H,34,37)(H,35,36)(H,38,39). The van der Waals surface area contributed by atoms with Crippen molar-refractivity contribution in [3.63, 3.8) is 0 Å². The van der Waals surface area contributed by atoms with E-state index >= 15 is 4.39 Å². The number of anilines is 1. The lowest BCUT2D eigenvalue weighted by Gasteiger charge is -2.20. The number of hydrogen-bond donors (Lipinski definition) is 3. The topological polar surface area (TPSA) is 113 Å². The molecule has 0 spiro atoms. The van der Waals surface area contributed by atoms with Crippen molar-refractivity contribution >= 4 is 23.5 Å². The van der Waals surface area contributed by atoms with Crippen LogP contribution in [0.2, 0.25) is 0 Å². The Labute approximate surface area is 237 Å². The number of aromatic carboxylic acids is 1. The van der Waals surface area contributed by atoms with Crippen LogP contribution in [-0.4, -0.2) is 34.7 Å². The fourth-order valence-corrected chi connectivity index (χ4v) is 4.53. The van der Waals surface area contributed by atoms with Crippen LogP contribution in [0.25, 0.3) is 0 Å². The van der Waals surface area contributed by atoms with Gasteiger partial charge in [0.2, 0.25) is 0 Å². The van der Waals surface area contributed by atoms with E-state index in [-0.39, 0.29) is 11.3 Å². The molecule has 0 saturated heterocycles. The molecule has 0 fully saturated rings. The molecule has 1 unspecified atom stereocenters. The molecule has 0 aromatic heterocycles. The molecule has 0 heterocycles. The van der Waals surface area contributed by atoms with E-state index < -0.39 is 29.1 Å². The first-order valence-electron chi connectivity index (χ1n) is 14.6. The number of carbonyl (C=O) groups is 3. The van der Waals surface area contributed by atoms with Crippen molar-refractivity contribution in [1.29, 1.82) is 0 Å². The van der Waals surface area contributed by atoms with Crippen molar-refractivity contribution in [3.8, 4) is 5.75 Å². The Morgan fingerprint density at radius 1 is 0.725 bits per heavy atom. The maximum absolute atomic E-state index is 15.4. The van der Waals surface area contributed by atoms with Crippen molar-refractivity contribution in [3.05, 3.63) is 59.7 Å². The highest BCUT2D eigenvalue weighted by Crippen LogP contribution is 2.29. The zero-order chi connectivity index (χ0) is 29.2. The zero-order valence-corrected chi connectivity index (χ0v) is 23.6. The highest BCUT2D eigenvalue weighted by atomic mass is 19.1. The Bertz CT molecular complexity index is 1040. The number of rotatable bonds is 21. The molecule has 2 aromatic carbocycles. The SMILES string of the molecule is CCCCCCCCCCCCCCCCOc1ccc(NC(=O)C(F)(C(=O)O)c2ccc(C(=O)O)cc2)cc1. The molecule has 8 heteroatoms. The van der Waals surface area contributed by atoms with Gasteiger partial charge in [-0.05, 0) is 42.8 Å². The normalized spacial score (nSPS) is 12.4. The van der Waals surface area contributed by atoms with Crippen LogP contribution in [0.5, 0.6) is 5.75 Å². The zero-order valence-electron chi connectivity index (χ0n) is 23.6. The van der Waals surface area contributed by atoms with Gasteiger partial charge in [0.1, 0.15) is 5.75 Å². The number of benzene rings is 2. The van der Waals surface area contributed by atoms with Crippen molar-refractivity contribution in [1.82, 2.24) is 0 Å². The molecule has 40 heavy (non-hydrogen) atoms. The van der Waals surface area contributed by atoms with Gasteiger partial charge in [-0.1, -0.05) is 103 Å². The number of alkyl halides is 1. The van der Waals surface area contributed by atoms with Crippen LogP contribution in [0.4, 0.5) is 10.1 Å². The third-order valence-corrected chi connectivity index (χ3v) is 7.02. The lowest BCUT2D eigenvalue weighted by molar-refractivity contribution is -0.156. The Hall–Kier alpha value is -3.42. The van der Waals surface area contributed by atoms with E-state index in [0.717, 1.165) is 37.1 Å². The van der Waals surface area contributed by atoms with Crippen LogP contribution < -0.4 is 10.1 Å². The summed E-state index contributed by atoms with van der Waals surface area (Å²) in [6, 6.07) is 10.3. The Morgan fingerprint density at radius 3 is 1.65 bits per heavy atom. The first-order chi connectivity index (χ1) is 19.3. The number of aliphatic carboxylic acids is 1. The molecule has 0 radical (unpaired) electrons. The largest absolute Gasteiger partial charge is 0.494 e. The minimum absolute atomic E-state index is 0.151. The number of hydrogen-bond acceptors (Lipinski definition) is 4. The quantitative estimate of drug-likeness (QED) is 0.105. The highest BCUT2D eigenvalue weighted by Gasteiger charge is 2.49. The van der Waals surface area contributed by atoms with Gasteiger partial charge >= 0.3 is 17.6 Å². The number of carbonyl (C=O) groups excluding carboxylic acids is 1. The Balaban J connectivity index is 1.65. The van der Waals surface area contributed by atoms with Crippen molar-refractivity contribution < 1.29 is 33.7 Å². The fraction of sp³-hybridized carbons (Fsp3) is 0.531. The Kier molecular flexibility index (Phi) is 14.8. The van der Waals surface area contributed by atoms with Crippen LogP contribution in [0, 0.1) is 0 Å². The van der Waals surface area contributed by atoms with E-state index in [0.29, 0.717) is 12.4 Å². The van der Waals surface area contributed by atoms with Gasteiger partial charge in [0.05, 0.1) is 12.2 Å². The van der Waals surface area contributed by atoms with E-state index in [1.165, 1.54) is 89.2 Å². The van der Waals surface area contributed by atoms with Crippen LogP contribution in [0.1, 0.15) is 113 Å².